The first-order valence-electron chi connectivity index (χ1n) is 6.27. The molecule has 3 nitrogen and oxygen atoms in total. The summed E-state index contributed by atoms with van der Waals surface area (Å²) >= 11 is 0. The molecular weight excluding hydrogens is 188 g/mol. The number of rotatable bonds is 6. The molecule has 1 fully saturated rings. The van der Waals surface area contributed by atoms with Crippen molar-refractivity contribution in [3.05, 3.63) is 0 Å². The van der Waals surface area contributed by atoms with Gasteiger partial charge in [0.15, 0.2) is 0 Å². The molecule has 1 rings (SSSR count). The van der Waals surface area contributed by atoms with Crippen molar-refractivity contribution in [2.24, 2.45) is 11.7 Å². The lowest BCUT2D eigenvalue weighted by atomic mass is 9.84. The minimum absolute atomic E-state index is 0.684. The van der Waals surface area contributed by atoms with Crippen LogP contribution >= 0.6 is 0 Å². The van der Waals surface area contributed by atoms with E-state index in [1.807, 2.05) is 6.92 Å². The van der Waals surface area contributed by atoms with Crippen molar-refractivity contribution in [1.29, 1.82) is 0 Å². The molecule has 15 heavy (non-hydrogen) atoms. The summed E-state index contributed by atoms with van der Waals surface area (Å²) in [6, 6.07) is 0.684. The largest absolute Gasteiger partial charge is 0.380 e. The molecule has 2 atom stereocenters. The molecule has 0 aromatic rings. The predicted octanol–water partition coefficient (Wildman–Crippen LogP) is 1.47. The zero-order valence-electron chi connectivity index (χ0n) is 10.2. The van der Waals surface area contributed by atoms with Gasteiger partial charge in [-0.2, -0.15) is 0 Å². The van der Waals surface area contributed by atoms with E-state index < -0.39 is 0 Å². The summed E-state index contributed by atoms with van der Waals surface area (Å²) in [4.78, 5) is 2.44. The molecule has 0 radical (unpaired) electrons. The highest BCUT2D eigenvalue weighted by Crippen LogP contribution is 2.26. The highest BCUT2D eigenvalue weighted by Gasteiger charge is 2.26. The number of hydrogen-bond acceptors (Lipinski definition) is 3. The van der Waals surface area contributed by atoms with E-state index in [0.29, 0.717) is 12.0 Å². The van der Waals surface area contributed by atoms with Gasteiger partial charge in [-0.3, -0.25) is 0 Å². The molecule has 0 aromatic carbocycles. The van der Waals surface area contributed by atoms with Crippen LogP contribution in [-0.2, 0) is 4.74 Å². The Bertz CT molecular complexity index is 164. The Morgan fingerprint density at radius 1 is 1.33 bits per heavy atom. The van der Waals surface area contributed by atoms with Gasteiger partial charge in [-0.25, -0.2) is 0 Å². The molecule has 0 amide bonds. The van der Waals surface area contributed by atoms with Crippen molar-refractivity contribution in [2.75, 3.05) is 33.4 Å². The molecule has 0 heterocycles. The van der Waals surface area contributed by atoms with Crippen LogP contribution in [0.25, 0.3) is 0 Å². The molecule has 3 heteroatoms. The van der Waals surface area contributed by atoms with E-state index in [2.05, 4.69) is 11.9 Å². The lowest BCUT2D eigenvalue weighted by molar-refractivity contribution is 0.0777. The molecule has 2 N–H and O–H groups in total. The predicted molar refractivity (Wildman–Crippen MR) is 63.9 cm³/mol. The quantitative estimate of drug-likeness (QED) is 0.681. The van der Waals surface area contributed by atoms with Gasteiger partial charge >= 0.3 is 0 Å². The van der Waals surface area contributed by atoms with Gasteiger partial charge in [-0.1, -0.05) is 12.8 Å². The van der Waals surface area contributed by atoms with Crippen LogP contribution in [0.2, 0.25) is 0 Å². The van der Waals surface area contributed by atoms with Gasteiger partial charge in [0.25, 0.3) is 0 Å². The number of ether oxygens (including phenoxy) is 1. The van der Waals surface area contributed by atoms with E-state index >= 15 is 0 Å². The smallest absolute Gasteiger partial charge is 0.0593 e. The van der Waals surface area contributed by atoms with Crippen LogP contribution in [0.5, 0.6) is 0 Å². The average molecular weight is 214 g/mol. The van der Waals surface area contributed by atoms with Gasteiger partial charge in [-0.05, 0) is 39.3 Å². The van der Waals surface area contributed by atoms with Crippen LogP contribution in [0.4, 0.5) is 0 Å². The lowest BCUT2D eigenvalue weighted by Crippen LogP contribution is -2.44. The first-order chi connectivity index (χ1) is 7.29. The van der Waals surface area contributed by atoms with Gasteiger partial charge in [0.2, 0.25) is 0 Å². The van der Waals surface area contributed by atoms with Crippen molar-refractivity contribution in [2.45, 2.75) is 38.6 Å². The summed E-state index contributed by atoms with van der Waals surface area (Å²) in [5, 5.41) is 0. The van der Waals surface area contributed by atoms with Crippen LogP contribution < -0.4 is 5.73 Å². The second-order valence-corrected chi connectivity index (χ2v) is 4.53. The summed E-state index contributed by atoms with van der Waals surface area (Å²) in [5.74, 6) is 0.699. The fraction of sp³-hybridized carbons (Fsp3) is 1.00. The first-order valence-corrected chi connectivity index (χ1v) is 6.27. The van der Waals surface area contributed by atoms with Gasteiger partial charge in [0.05, 0.1) is 6.61 Å². The highest BCUT2D eigenvalue weighted by atomic mass is 16.5. The van der Waals surface area contributed by atoms with Gasteiger partial charge < -0.3 is 15.4 Å². The van der Waals surface area contributed by atoms with Crippen molar-refractivity contribution in [3.8, 4) is 0 Å². The van der Waals surface area contributed by atoms with Gasteiger partial charge in [-0.15, -0.1) is 0 Å². The highest BCUT2D eigenvalue weighted by molar-refractivity contribution is 4.82. The molecule has 0 aliphatic heterocycles. The second kappa shape index (κ2) is 7.20. The van der Waals surface area contributed by atoms with Crippen LogP contribution in [0.1, 0.15) is 32.6 Å². The number of nitrogens with zero attached hydrogens (tertiary/aromatic N) is 1. The van der Waals surface area contributed by atoms with E-state index in [0.717, 1.165) is 26.3 Å². The zero-order valence-corrected chi connectivity index (χ0v) is 10.2. The Kier molecular flexibility index (Phi) is 6.22. The van der Waals surface area contributed by atoms with E-state index in [9.17, 15) is 0 Å². The third-order valence-corrected chi connectivity index (χ3v) is 3.53. The first kappa shape index (κ1) is 12.9. The topological polar surface area (TPSA) is 38.5 Å². The summed E-state index contributed by atoms with van der Waals surface area (Å²) in [7, 11) is 2.21. The Balaban J connectivity index is 2.31. The third-order valence-electron chi connectivity index (χ3n) is 3.53. The average Bonchev–Trinajstić information content (AvgIpc) is 2.29. The molecule has 0 spiro atoms. The maximum atomic E-state index is 5.83. The minimum Gasteiger partial charge on any atom is -0.380 e. The lowest BCUT2D eigenvalue weighted by Gasteiger charge is -2.37. The number of likely N-dealkylation sites (N-methyl/N-ethyl adjacent to an activating group) is 1. The third kappa shape index (κ3) is 4.09. The summed E-state index contributed by atoms with van der Waals surface area (Å²) in [6.45, 7) is 5.58. The number of nitrogens with two attached hydrogens (primary N) is 1. The van der Waals surface area contributed by atoms with E-state index in [4.69, 9.17) is 10.5 Å². The summed E-state index contributed by atoms with van der Waals surface area (Å²) in [6.07, 6.45) is 5.34. The van der Waals surface area contributed by atoms with Crippen LogP contribution in [0, 0.1) is 5.92 Å². The van der Waals surface area contributed by atoms with Crippen LogP contribution in [0.15, 0.2) is 0 Å². The van der Waals surface area contributed by atoms with Gasteiger partial charge in [0.1, 0.15) is 0 Å². The second-order valence-electron chi connectivity index (χ2n) is 4.53. The van der Waals surface area contributed by atoms with Crippen molar-refractivity contribution >= 4 is 0 Å². The SMILES string of the molecule is CCOCCN(C)C1CCCCC1CN. The fourth-order valence-corrected chi connectivity index (χ4v) is 2.56. The molecule has 2 unspecified atom stereocenters. The zero-order chi connectivity index (χ0) is 11.1. The van der Waals surface area contributed by atoms with E-state index in [1.54, 1.807) is 0 Å². The molecule has 0 saturated heterocycles. The summed E-state index contributed by atoms with van der Waals surface area (Å²) in [5.41, 5.74) is 5.83. The summed E-state index contributed by atoms with van der Waals surface area (Å²) < 4.78 is 5.39. The van der Waals surface area contributed by atoms with Gasteiger partial charge in [0, 0.05) is 19.2 Å². The van der Waals surface area contributed by atoms with Crippen LogP contribution in [0.3, 0.4) is 0 Å². The van der Waals surface area contributed by atoms with Crippen molar-refractivity contribution in [1.82, 2.24) is 4.90 Å². The van der Waals surface area contributed by atoms with Crippen molar-refractivity contribution < 1.29 is 4.74 Å². The van der Waals surface area contributed by atoms with E-state index in [1.165, 1.54) is 25.7 Å². The normalized spacial score (nSPS) is 27.2. The Labute approximate surface area is 94.0 Å². The van der Waals surface area contributed by atoms with E-state index in [-0.39, 0.29) is 0 Å². The maximum absolute atomic E-state index is 5.83. The number of hydrogen-bond donors (Lipinski definition) is 1. The Morgan fingerprint density at radius 3 is 2.73 bits per heavy atom. The molecule has 1 saturated carbocycles. The molecule has 90 valence electrons. The Morgan fingerprint density at radius 2 is 2.07 bits per heavy atom. The molecule has 0 bridgehead atoms. The molecule has 0 aromatic heterocycles. The minimum atomic E-state index is 0.684. The molecular formula is C12H26N2O. The maximum Gasteiger partial charge on any atom is 0.0593 e. The monoisotopic (exact) mass is 214 g/mol. The van der Waals surface area contributed by atoms with Crippen LogP contribution in [-0.4, -0.2) is 44.3 Å². The standard InChI is InChI=1S/C12H26N2O/c1-3-15-9-8-14(2)12-7-5-4-6-11(12)10-13/h11-12H,3-10,13H2,1-2H3. The Hall–Kier alpha value is -0.120. The molecule has 1 aliphatic rings. The fourth-order valence-electron chi connectivity index (χ4n) is 2.56. The molecule has 1 aliphatic carbocycles. The van der Waals surface area contributed by atoms with Crippen molar-refractivity contribution in [3.63, 3.8) is 0 Å².